The topological polar surface area (TPSA) is 70.5 Å². The molecule has 1 aromatic heterocycles. The van der Waals surface area contributed by atoms with Gasteiger partial charge in [-0.2, -0.15) is 0 Å². The van der Waals surface area contributed by atoms with Gasteiger partial charge in [0.1, 0.15) is 11.1 Å². The van der Waals surface area contributed by atoms with Gasteiger partial charge in [0, 0.05) is 11.9 Å². The average Bonchev–Trinajstić information content (AvgIpc) is 2.87. The van der Waals surface area contributed by atoms with Gasteiger partial charge in [0.25, 0.3) is 5.91 Å². The number of carbonyl (C=O) groups is 2. The van der Waals surface area contributed by atoms with Crippen LogP contribution in [0.15, 0.2) is 23.4 Å². The summed E-state index contributed by atoms with van der Waals surface area (Å²) in [5.74, 6) is -0.359. The Morgan fingerprint density at radius 3 is 3.06 bits per heavy atom. The zero-order valence-electron chi connectivity index (χ0n) is 9.70. The summed E-state index contributed by atoms with van der Waals surface area (Å²) in [6.07, 6.45) is 3.46. The van der Waals surface area contributed by atoms with E-state index in [1.54, 1.807) is 18.3 Å². The molecule has 1 amide bonds. The molecule has 0 aliphatic carbocycles. The molecule has 0 bridgehead atoms. The number of hydrogen-bond acceptors (Lipinski definition) is 5. The highest BCUT2D eigenvalue weighted by atomic mass is 32.2. The van der Waals surface area contributed by atoms with Crippen molar-refractivity contribution in [2.45, 2.75) is 11.1 Å². The second-order valence-electron chi connectivity index (χ2n) is 3.69. The molecule has 2 rings (SSSR count). The van der Waals surface area contributed by atoms with Crippen LogP contribution in [0.2, 0.25) is 0 Å². The fraction of sp³-hybridized carbons (Fsp3) is 0.364. The van der Waals surface area contributed by atoms with Crippen molar-refractivity contribution in [1.82, 2.24) is 9.88 Å². The maximum absolute atomic E-state index is 12.3. The van der Waals surface area contributed by atoms with Crippen molar-refractivity contribution >= 4 is 35.4 Å². The molecule has 1 atom stereocenters. The molecule has 1 aromatic rings. The third-order valence-electron chi connectivity index (χ3n) is 2.62. The van der Waals surface area contributed by atoms with E-state index in [-0.39, 0.29) is 5.91 Å². The Bertz CT molecular complexity index is 481. The van der Waals surface area contributed by atoms with Gasteiger partial charge in [-0.25, -0.2) is 9.78 Å². The van der Waals surface area contributed by atoms with Gasteiger partial charge in [0.2, 0.25) is 0 Å². The van der Waals surface area contributed by atoms with Crippen LogP contribution >= 0.6 is 23.5 Å². The standard InChI is InChI=1S/C11H12N2O3S2/c1-17-9-7(3-2-4-12-9)10(14)13-6-18-5-8(13)11(15)16/h2-4,8H,5-6H2,1H3,(H,15,16)/t8-/m0/s1. The van der Waals surface area contributed by atoms with Gasteiger partial charge in [-0.3, -0.25) is 4.79 Å². The Balaban J connectivity index is 2.28. The number of pyridine rings is 1. The van der Waals surface area contributed by atoms with Gasteiger partial charge in [0.15, 0.2) is 0 Å². The molecule has 18 heavy (non-hydrogen) atoms. The lowest BCUT2D eigenvalue weighted by atomic mass is 10.2. The summed E-state index contributed by atoms with van der Waals surface area (Å²) in [6, 6.07) is 2.63. The summed E-state index contributed by atoms with van der Waals surface area (Å²) in [4.78, 5) is 28.9. The molecule has 96 valence electrons. The SMILES string of the molecule is CSc1ncccc1C(=O)N1CSC[C@H]1C(=O)O. The first kappa shape index (κ1) is 13.2. The van der Waals surface area contributed by atoms with Crippen LogP contribution in [0.25, 0.3) is 0 Å². The van der Waals surface area contributed by atoms with E-state index in [1.165, 1.54) is 28.4 Å². The smallest absolute Gasteiger partial charge is 0.327 e. The minimum Gasteiger partial charge on any atom is -0.480 e. The maximum atomic E-state index is 12.3. The molecule has 0 radical (unpaired) electrons. The Morgan fingerprint density at radius 1 is 1.61 bits per heavy atom. The first-order chi connectivity index (χ1) is 8.65. The third-order valence-corrected chi connectivity index (χ3v) is 4.35. The van der Waals surface area contributed by atoms with Crippen LogP contribution in [0.3, 0.4) is 0 Å². The van der Waals surface area contributed by atoms with E-state index in [0.29, 0.717) is 22.2 Å². The zero-order chi connectivity index (χ0) is 13.1. The number of hydrogen-bond donors (Lipinski definition) is 1. The van der Waals surface area contributed by atoms with E-state index in [0.717, 1.165) is 0 Å². The normalized spacial score (nSPS) is 18.9. The number of thioether (sulfide) groups is 2. The number of amides is 1. The number of nitrogens with zero attached hydrogens (tertiary/aromatic N) is 2. The van der Waals surface area contributed by atoms with Crippen molar-refractivity contribution in [3.63, 3.8) is 0 Å². The molecule has 1 aliphatic heterocycles. The fourth-order valence-corrected chi connectivity index (χ4v) is 3.40. The molecule has 0 spiro atoms. The lowest BCUT2D eigenvalue weighted by molar-refractivity contribution is -0.140. The Hall–Kier alpha value is -1.21. The van der Waals surface area contributed by atoms with Gasteiger partial charge >= 0.3 is 5.97 Å². The van der Waals surface area contributed by atoms with Crippen LogP contribution < -0.4 is 0 Å². The first-order valence-electron chi connectivity index (χ1n) is 5.25. The molecular weight excluding hydrogens is 272 g/mol. The van der Waals surface area contributed by atoms with Crippen LogP contribution in [0.1, 0.15) is 10.4 Å². The molecule has 1 N–H and O–H groups in total. The maximum Gasteiger partial charge on any atom is 0.327 e. The number of aliphatic carboxylic acids is 1. The van der Waals surface area contributed by atoms with Crippen molar-refractivity contribution in [3.8, 4) is 0 Å². The number of aromatic nitrogens is 1. The summed E-state index contributed by atoms with van der Waals surface area (Å²) >= 11 is 2.83. The van der Waals surface area contributed by atoms with Crippen molar-refractivity contribution < 1.29 is 14.7 Å². The lowest BCUT2D eigenvalue weighted by Gasteiger charge is -2.21. The molecule has 1 fully saturated rings. The summed E-state index contributed by atoms with van der Waals surface area (Å²) in [5.41, 5.74) is 0.471. The summed E-state index contributed by atoms with van der Waals surface area (Å²) in [6.45, 7) is 0. The molecule has 5 nitrogen and oxygen atoms in total. The second kappa shape index (κ2) is 5.62. The van der Waals surface area contributed by atoms with E-state index in [2.05, 4.69) is 4.98 Å². The van der Waals surface area contributed by atoms with Gasteiger partial charge in [0.05, 0.1) is 11.4 Å². The third kappa shape index (κ3) is 2.46. The number of rotatable bonds is 3. The number of carbonyl (C=O) groups excluding carboxylic acids is 1. The molecule has 1 saturated heterocycles. The molecule has 0 saturated carbocycles. The summed E-state index contributed by atoms with van der Waals surface area (Å²) in [7, 11) is 0. The van der Waals surface area contributed by atoms with Crippen molar-refractivity contribution in [2.75, 3.05) is 17.9 Å². The van der Waals surface area contributed by atoms with Gasteiger partial charge in [-0.05, 0) is 18.4 Å². The van der Waals surface area contributed by atoms with E-state index < -0.39 is 12.0 Å². The van der Waals surface area contributed by atoms with Crippen LogP contribution in [0.5, 0.6) is 0 Å². The quantitative estimate of drug-likeness (QED) is 0.846. The number of carboxylic acids is 1. The van der Waals surface area contributed by atoms with Gasteiger partial charge in [-0.1, -0.05) is 0 Å². The minimum absolute atomic E-state index is 0.259. The Morgan fingerprint density at radius 2 is 2.39 bits per heavy atom. The van der Waals surface area contributed by atoms with Crippen LogP contribution in [0.4, 0.5) is 0 Å². The predicted molar refractivity (Wildman–Crippen MR) is 70.9 cm³/mol. The van der Waals surface area contributed by atoms with Gasteiger partial charge in [-0.15, -0.1) is 23.5 Å². The predicted octanol–water partition coefficient (Wildman–Crippen LogP) is 1.40. The van der Waals surface area contributed by atoms with Crippen LogP contribution in [-0.4, -0.2) is 50.8 Å². The zero-order valence-corrected chi connectivity index (χ0v) is 11.3. The molecule has 0 unspecified atom stereocenters. The van der Waals surface area contributed by atoms with Crippen molar-refractivity contribution in [2.24, 2.45) is 0 Å². The summed E-state index contributed by atoms with van der Waals surface area (Å²) < 4.78 is 0. The van der Waals surface area contributed by atoms with E-state index >= 15 is 0 Å². The average molecular weight is 284 g/mol. The number of carboxylic acid groups (broad SMARTS) is 1. The van der Waals surface area contributed by atoms with Gasteiger partial charge < -0.3 is 10.0 Å². The fourth-order valence-electron chi connectivity index (χ4n) is 1.72. The van der Waals surface area contributed by atoms with E-state index in [4.69, 9.17) is 5.11 Å². The Kier molecular flexibility index (Phi) is 4.13. The molecule has 7 heteroatoms. The van der Waals surface area contributed by atoms with Crippen molar-refractivity contribution in [3.05, 3.63) is 23.9 Å². The van der Waals surface area contributed by atoms with E-state index in [9.17, 15) is 9.59 Å². The molecular formula is C11H12N2O3S2. The first-order valence-corrected chi connectivity index (χ1v) is 7.63. The lowest BCUT2D eigenvalue weighted by Crippen LogP contribution is -2.42. The largest absolute Gasteiger partial charge is 0.480 e. The monoisotopic (exact) mass is 284 g/mol. The van der Waals surface area contributed by atoms with Crippen molar-refractivity contribution in [1.29, 1.82) is 0 Å². The minimum atomic E-state index is -0.956. The van der Waals surface area contributed by atoms with E-state index in [1.807, 2.05) is 6.26 Å². The van der Waals surface area contributed by atoms with Crippen LogP contribution in [-0.2, 0) is 4.79 Å². The Labute approximate surface area is 113 Å². The molecule has 1 aliphatic rings. The molecule has 0 aromatic carbocycles. The highest BCUT2D eigenvalue weighted by molar-refractivity contribution is 7.99. The highest BCUT2D eigenvalue weighted by Crippen LogP contribution is 2.26. The highest BCUT2D eigenvalue weighted by Gasteiger charge is 2.35. The second-order valence-corrected chi connectivity index (χ2v) is 5.48. The van der Waals surface area contributed by atoms with Crippen LogP contribution in [0, 0.1) is 0 Å². The molecule has 2 heterocycles. The summed E-state index contributed by atoms with van der Waals surface area (Å²) in [5, 5.41) is 9.71.